The number of rotatable bonds is 1. The Bertz CT molecular complexity index is 510. The fourth-order valence-corrected chi connectivity index (χ4v) is 3.38. The van der Waals surface area contributed by atoms with Gasteiger partial charge in [0, 0.05) is 36.8 Å². The molecule has 0 unspecified atom stereocenters. The number of piperidine rings is 1. The van der Waals surface area contributed by atoms with E-state index >= 15 is 0 Å². The van der Waals surface area contributed by atoms with Gasteiger partial charge in [0.05, 0.1) is 0 Å². The molecule has 1 aromatic carbocycles. The van der Waals surface area contributed by atoms with Gasteiger partial charge in [0.15, 0.2) is 0 Å². The van der Waals surface area contributed by atoms with Crippen molar-refractivity contribution < 1.29 is 4.79 Å². The van der Waals surface area contributed by atoms with Gasteiger partial charge < -0.3 is 15.5 Å². The zero-order valence-corrected chi connectivity index (χ0v) is 13.5. The van der Waals surface area contributed by atoms with Gasteiger partial charge in [-0.05, 0) is 38.3 Å². The Morgan fingerprint density at radius 1 is 1.29 bits per heavy atom. The normalized spacial score (nSPS) is 18.9. The summed E-state index contributed by atoms with van der Waals surface area (Å²) in [6, 6.07) is 8.86. The number of urea groups is 1. The molecule has 1 spiro atoms. The minimum absolute atomic E-state index is 0. The number of halogens is 1. The highest BCUT2D eigenvalue weighted by Gasteiger charge is 2.41. The van der Waals surface area contributed by atoms with Gasteiger partial charge in [-0.25, -0.2) is 4.79 Å². The maximum Gasteiger partial charge on any atom is 0.317 e. The van der Waals surface area contributed by atoms with E-state index in [1.54, 1.807) is 0 Å². The number of likely N-dealkylation sites (tertiary alicyclic amines) is 1. The smallest absolute Gasteiger partial charge is 0.317 e. The number of nitrogens with one attached hydrogen (secondary N) is 2. The molecule has 0 saturated carbocycles. The van der Waals surface area contributed by atoms with Crippen LogP contribution in [-0.4, -0.2) is 36.6 Å². The van der Waals surface area contributed by atoms with Gasteiger partial charge in [-0.2, -0.15) is 0 Å². The molecule has 2 heterocycles. The van der Waals surface area contributed by atoms with Crippen molar-refractivity contribution in [1.29, 1.82) is 0 Å². The fraction of sp³-hybridized carbons (Fsp3) is 0.562. The summed E-state index contributed by atoms with van der Waals surface area (Å²) in [6.45, 7) is 6.69. The number of amides is 2. The average molecular weight is 310 g/mol. The van der Waals surface area contributed by atoms with Gasteiger partial charge in [0.2, 0.25) is 0 Å². The topological polar surface area (TPSA) is 44.4 Å². The zero-order valence-electron chi connectivity index (χ0n) is 12.7. The van der Waals surface area contributed by atoms with Crippen LogP contribution in [0.15, 0.2) is 24.3 Å². The molecule has 0 aliphatic carbocycles. The first-order chi connectivity index (χ1) is 9.61. The number of nitrogens with zero attached hydrogens (tertiary/aromatic N) is 1. The second kappa shape index (κ2) is 6.14. The summed E-state index contributed by atoms with van der Waals surface area (Å²) in [5.41, 5.74) is 2.93. The lowest BCUT2D eigenvalue weighted by molar-refractivity contribution is 0.161. The SMILES string of the molecule is CC(C)NC(=O)N1CCC2(CC1)CNc1ccccc12.Cl. The van der Waals surface area contributed by atoms with Crippen molar-refractivity contribution in [2.75, 3.05) is 25.0 Å². The number of carbonyl (C=O) groups excluding carboxylic acids is 1. The number of fused-ring (bicyclic) bond motifs is 2. The summed E-state index contributed by atoms with van der Waals surface area (Å²) in [5.74, 6) is 0. The van der Waals surface area contributed by atoms with Crippen LogP contribution in [0.2, 0.25) is 0 Å². The highest BCUT2D eigenvalue weighted by molar-refractivity contribution is 5.85. The van der Waals surface area contributed by atoms with Crippen molar-refractivity contribution in [1.82, 2.24) is 10.2 Å². The Morgan fingerprint density at radius 3 is 2.62 bits per heavy atom. The fourth-order valence-electron chi connectivity index (χ4n) is 3.38. The molecule has 2 amide bonds. The van der Waals surface area contributed by atoms with Crippen LogP contribution >= 0.6 is 12.4 Å². The van der Waals surface area contributed by atoms with E-state index in [2.05, 4.69) is 34.9 Å². The number of carbonyl (C=O) groups is 1. The molecule has 2 N–H and O–H groups in total. The van der Waals surface area contributed by atoms with Crippen LogP contribution < -0.4 is 10.6 Å². The third kappa shape index (κ3) is 2.95. The van der Waals surface area contributed by atoms with E-state index in [0.29, 0.717) is 0 Å². The van der Waals surface area contributed by atoms with Gasteiger partial charge in [-0.15, -0.1) is 12.4 Å². The van der Waals surface area contributed by atoms with Gasteiger partial charge in [-0.3, -0.25) is 0 Å². The van der Waals surface area contributed by atoms with Crippen LogP contribution in [0.25, 0.3) is 0 Å². The maximum absolute atomic E-state index is 12.1. The number of hydrogen-bond donors (Lipinski definition) is 2. The van der Waals surface area contributed by atoms with E-state index in [9.17, 15) is 4.79 Å². The summed E-state index contributed by atoms with van der Waals surface area (Å²) in [5, 5.41) is 6.50. The first-order valence-electron chi connectivity index (χ1n) is 7.50. The van der Waals surface area contributed by atoms with E-state index in [-0.39, 0.29) is 29.9 Å². The first kappa shape index (κ1) is 16.0. The predicted octanol–water partition coefficient (Wildman–Crippen LogP) is 2.99. The Hall–Kier alpha value is -1.42. The highest BCUT2D eigenvalue weighted by Crippen LogP contribution is 2.43. The molecule has 21 heavy (non-hydrogen) atoms. The molecule has 1 fully saturated rings. The summed E-state index contributed by atoms with van der Waals surface area (Å²) >= 11 is 0. The predicted molar refractivity (Wildman–Crippen MR) is 88.3 cm³/mol. The Morgan fingerprint density at radius 2 is 1.95 bits per heavy atom. The lowest BCUT2D eigenvalue weighted by Gasteiger charge is -2.39. The van der Waals surface area contributed by atoms with E-state index in [1.165, 1.54) is 11.3 Å². The average Bonchev–Trinajstić information content (AvgIpc) is 2.78. The molecule has 0 atom stereocenters. The quantitative estimate of drug-likeness (QED) is 0.837. The van der Waals surface area contributed by atoms with Crippen LogP contribution in [-0.2, 0) is 5.41 Å². The Labute approximate surface area is 132 Å². The number of hydrogen-bond acceptors (Lipinski definition) is 2. The van der Waals surface area contributed by atoms with Crippen LogP contribution in [0.3, 0.4) is 0 Å². The molecule has 116 valence electrons. The van der Waals surface area contributed by atoms with Crippen molar-refractivity contribution in [2.24, 2.45) is 0 Å². The standard InChI is InChI=1S/C16H23N3O.ClH/c1-12(2)18-15(20)19-9-7-16(8-10-19)11-17-14-6-4-3-5-13(14)16;/h3-6,12,17H,7-11H2,1-2H3,(H,18,20);1H. The molecule has 3 rings (SSSR count). The molecule has 2 aliphatic heterocycles. The minimum Gasteiger partial charge on any atom is -0.384 e. The van der Waals surface area contributed by atoms with Crippen molar-refractivity contribution in [3.05, 3.63) is 29.8 Å². The van der Waals surface area contributed by atoms with Crippen LogP contribution in [0.1, 0.15) is 32.3 Å². The highest BCUT2D eigenvalue weighted by atomic mass is 35.5. The van der Waals surface area contributed by atoms with E-state index in [4.69, 9.17) is 0 Å². The molecular formula is C16H24ClN3O. The molecule has 5 heteroatoms. The minimum atomic E-state index is 0. The third-order valence-electron chi connectivity index (χ3n) is 4.54. The maximum atomic E-state index is 12.1. The second-order valence-corrected chi connectivity index (χ2v) is 6.27. The van der Waals surface area contributed by atoms with Crippen molar-refractivity contribution in [2.45, 2.75) is 38.1 Å². The molecule has 0 radical (unpaired) electrons. The monoisotopic (exact) mass is 309 g/mol. The van der Waals surface area contributed by atoms with Gasteiger partial charge in [0.25, 0.3) is 0 Å². The first-order valence-corrected chi connectivity index (χ1v) is 7.50. The van der Waals surface area contributed by atoms with Crippen LogP contribution in [0, 0.1) is 0 Å². The van der Waals surface area contributed by atoms with Gasteiger partial charge in [-0.1, -0.05) is 18.2 Å². The van der Waals surface area contributed by atoms with E-state index in [1.807, 2.05) is 18.7 Å². The molecule has 1 saturated heterocycles. The molecule has 2 aliphatic rings. The molecule has 0 bridgehead atoms. The van der Waals surface area contributed by atoms with E-state index in [0.717, 1.165) is 32.5 Å². The zero-order chi connectivity index (χ0) is 14.2. The molecular weight excluding hydrogens is 286 g/mol. The second-order valence-electron chi connectivity index (χ2n) is 6.27. The summed E-state index contributed by atoms with van der Waals surface area (Å²) in [7, 11) is 0. The lowest BCUT2D eigenvalue weighted by Crippen LogP contribution is -2.50. The summed E-state index contributed by atoms with van der Waals surface area (Å²) in [6.07, 6.45) is 2.09. The van der Waals surface area contributed by atoms with Crippen molar-refractivity contribution in [3.8, 4) is 0 Å². The van der Waals surface area contributed by atoms with Gasteiger partial charge in [0.1, 0.15) is 0 Å². The lowest BCUT2D eigenvalue weighted by atomic mass is 9.74. The number of anilines is 1. The Kier molecular flexibility index (Phi) is 4.67. The molecule has 4 nitrogen and oxygen atoms in total. The van der Waals surface area contributed by atoms with Crippen molar-refractivity contribution >= 4 is 24.1 Å². The number of para-hydroxylation sites is 1. The third-order valence-corrected chi connectivity index (χ3v) is 4.54. The molecule has 1 aromatic rings. The van der Waals surface area contributed by atoms with Crippen LogP contribution in [0.4, 0.5) is 10.5 Å². The van der Waals surface area contributed by atoms with E-state index < -0.39 is 0 Å². The van der Waals surface area contributed by atoms with Crippen molar-refractivity contribution in [3.63, 3.8) is 0 Å². The van der Waals surface area contributed by atoms with Gasteiger partial charge >= 0.3 is 6.03 Å². The summed E-state index contributed by atoms with van der Waals surface area (Å²) < 4.78 is 0. The molecule has 0 aromatic heterocycles. The largest absolute Gasteiger partial charge is 0.384 e. The Balaban J connectivity index is 0.00000161. The number of benzene rings is 1. The van der Waals surface area contributed by atoms with Crippen LogP contribution in [0.5, 0.6) is 0 Å². The summed E-state index contributed by atoms with van der Waals surface area (Å²) in [4.78, 5) is 14.0.